The maximum absolute atomic E-state index is 14.4. The lowest BCUT2D eigenvalue weighted by molar-refractivity contribution is 0.326. The summed E-state index contributed by atoms with van der Waals surface area (Å²) in [5.41, 5.74) is 0.600. The summed E-state index contributed by atoms with van der Waals surface area (Å²) >= 11 is 3.45. The monoisotopic (exact) mass is 417 g/mol. The van der Waals surface area contributed by atoms with Crippen LogP contribution in [0.1, 0.15) is 49.2 Å². The van der Waals surface area contributed by atoms with Crippen molar-refractivity contribution in [3.8, 4) is 0 Å². The highest BCUT2D eigenvalue weighted by Crippen LogP contribution is 2.39. The van der Waals surface area contributed by atoms with Crippen LogP contribution < -0.4 is 4.90 Å². The zero-order chi connectivity index (χ0) is 17.7. The summed E-state index contributed by atoms with van der Waals surface area (Å²) in [5.74, 6) is 2.71. The van der Waals surface area contributed by atoms with Gasteiger partial charge in [-0.05, 0) is 53.7 Å². The van der Waals surface area contributed by atoms with Gasteiger partial charge >= 0.3 is 0 Å². The Bertz CT molecular complexity index is 965. The third-order valence-electron chi connectivity index (χ3n) is 5.21. The molecule has 1 saturated carbocycles. The quantitative estimate of drug-likeness (QED) is 0.636. The lowest BCUT2D eigenvalue weighted by atomic mass is 9.96. The second kappa shape index (κ2) is 6.26. The van der Waals surface area contributed by atoms with Gasteiger partial charge in [-0.3, -0.25) is 0 Å². The summed E-state index contributed by atoms with van der Waals surface area (Å²) in [6, 6.07) is 3.12. The highest BCUT2D eigenvalue weighted by atomic mass is 79.9. The summed E-state index contributed by atoms with van der Waals surface area (Å²) < 4.78 is 20.7. The number of fused-ring (bicyclic) bond motifs is 1. The third kappa shape index (κ3) is 2.76. The molecule has 0 bridgehead atoms. The number of aromatic nitrogens is 4. The van der Waals surface area contributed by atoms with Crippen molar-refractivity contribution in [2.24, 2.45) is 0 Å². The van der Waals surface area contributed by atoms with Gasteiger partial charge in [-0.25, -0.2) is 14.4 Å². The fourth-order valence-electron chi connectivity index (χ4n) is 3.58. The molecule has 134 valence electrons. The van der Waals surface area contributed by atoms with Gasteiger partial charge in [-0.2, -0.15) is 4.98 Å². The van der Waals surface area contributed by atoms with Crippen molar-refractivity contribution >= 4 is 32.7 Å². The second-order valence-electron chi connectivity index (χ2n) is 6.98. The summed E-state index contributed by atoms with van der Waals surface area (Å²) in [4.78, 5) is 15.3. The first-order valence-electron chi connectivity index (χ1n) is 8.88. The molecule has 3 heterocycles. The number of nitrogens with zero attached hydrogens (tertiary/aromatic N) is 5. The molecule has 5 rings (SSSR count). The van der Waals surface area contributed by atoms with E-state index in [1.54, 1.807) is 6.07 Å². The Labute approximate surface area is 157 Å². The van der Waals surface area contributed by atoms with Gasteiger partial charge in [0.15, 0.2) is 5.82 Å². The van der Waals surface area contributed by atoms with Crippen LogP contribution >= 0.6 is 15.9 Å². The van der Waals surface area contributed by atoms with Crippen molar-refractivity contribution in [3.05, 3.63) is 40.5 Å². The zero-order valence-electron chi connectivity index (χ0n) is 14.0. The molecule has 0 N–H and O–H groups in total. The zero-order valence-corrected chi connectivity index (χ0v) is 15.6. The molecule has 0 amide bonds. The van der Waals surface area contributed by atoms with Gasteiger partial charge in [0, 0.05) is 29.4 Å². The van der Waals surface area contributed by atoms with E-state index in [0.29, 0.717) is 22.6 Å². The molecule has 6 nitrogen and oxygen atoms in total. The lowest BCUT2D eigenvalue weighted by Crippen LogP contribution is -2.34. The normalized spacial score (nSPS) is 18.6. The van der Waals surface area contributed by atoms with Crippen LogP contribution in [-0.2, 0) is 0 Å². The molecule has 2 fully saturated rings. The molecule has 2 aliphatic rings. The van der Waals surface area contributed by atoms with E-state index < -0.39 is 0 Å². The van der Waals surface area contributed by atoms with E-state index in [0.717, 1.165) is 42.1 Å². The Hall–Kier alpha value is -2.09. The van der Waals surface area contributed by atoms with Crippen molar-refractivity contribution in [2.45, 2.75) is 37.5 Å². The summed E-state index contributed by atoms with van der Waals surface area (Å²) in [7, 11) is 0. The SMILES string of the molecule is Fc1ccc(Br)c2ncnc(N3CCC(c4nc(C5CC5)no4)CC3)c12. The number of halogens is 2. The van der Waals surface area contributed by atoms with Crippen LogP contribution in [0.4, 0.5) is 10.2 Å². The van der Waals surface area contributed by atoms with Crippen molar-refractivity contribution in [1.29, 1.82) is 0 Å². The largest absolute Gasteiger partial charge is 0.356 e. The van der Waals surface area contributed by atoms with Crippen molar-refractivity contribution in [3.63, 3.8) is 0 Å². The number of hydrogen-bond donors (Lipinski definition) is 0. The Kier molecular flexibility index (Phi) is 3.88. The molecule has 0 atom stereocenters. The lowest BCUT2D eigenvalue weighted by Gasteiger charge is -2.31. The van der Waals surface area contributed by atoms with Crippen LogP contribution in [0.2, 0.25) is 0 Å². The first kappa shape index (κ1) is 16.1. The minimum Gasteiger partial charge on any atom is -0.356 e. The summed E-state index contributed by atoms with van der Waals surface area (Å²) in [6.45, 7) is 1.54. The molecular formula is C18H17BrFN5O. The first-order chi connectivity index (χ1) is 12.7. The van der Waals surface area contributed by atoms with E-state index in [2.05, 4.69) is 40.9 Å². The Morgan fingerprint density at radius 2 is 1.88 bits per heavy atom. The van der Waals surface area contributed by atoms with Crippen LogP contribution in [-0.4, -0.2) is 33.2 Å². The smallest absolute Gasteiger partial charge is 0.229 e. The molecule has 0 radical (unpaired) electrons. The Morgan fingerprint density at radius 3 is 2.65 bits per heavy atom. The number of hydrogen-bond acceptors (Lipinski definition) is 6. The van der Waals surface area contributed by atoms with Gasteiger partial charge in [0.25, 0.3) is 0 Å². The summed E-state index contributed by atoms with van der Waals surface area (Å²) in [5, 5.41) is 4.58. The predicted molar refractivity (Wildman–Crippen MR) is 97.7 cm³/mol. The highest BCUT2D eigenvalue weighted by molar-refractivity contribution is 9.10. The molecule has 26 heavy (non-hydrogen) atoms. The molecule has 1 aromatic carbocycles. The van der Waals surface area contributed by atoms with E-state index >= 15 is 0 Å². The number of piperidine rings is 1. The van der Waals surface area contributed by atoms with E-state index in [1.807, 2.05) is 0 Å². The first-order valence-corrected chi connectivity index (χ1v) is 9.67. The molecule has 0 spiro atoms. The fourth-order valence-corrected chi connectivity index (χ4v) is 4.02. The van der Waals surface area contributed by atoms with Gasteiger partial charge in [0.1, 0.15) is 18.0 Å². The van der Waals surface area contributed by atoms with Crippen LogP contribution in [0.5, 0.6) is 0 Å². The van der Waals surface area contributed by atoms with Gasteiger partial charge in [-0.1, -0.05) is 5.16 Å². The summed E-state index contributed by atoms with van der Waals surface area (Å²) in [6.07, 6.45) is 5.59. The van der Waals surface area contributed by atoms with Crippen molar-refractivity contribution in [2.75, 3.05) is 18.0 Å². The number of benzene rings is 1. The average molecular weight is 418 g/mol. The Balaban J connectivity index is 1.38. The maximum atomic E-state index is 14.4. The second-order valence-corrected chi connectivity index (χ2v) is 7.83. The fraction of sp³-hybridized carbons (Fsp3) is 0.444. The van der Waals surface area contributed by atoms with Crippen LogP contribution in [0, 0.1) is 5.82 Å². The highest BCUT2D eigenvalue weighted by Gasteiger charge is 2.32. The molecule has 1 aliphatic heterocycles. The number of rotatable bonds is 3. The van der Waals surface area contributed by atoms with Crippen LogP contribution in [0.25, 0.3) is 10.9 Å². The predicted octanol–water partition coefficient (Wildman–Crippen LogP) is 4.18. The molecule has 1 saturated heterocycles. The molecule has 1 aliphatic carbocycles. The van der Waals surface area contributed by atoms with Gasteiger partial charge < -0.3 is 9.42 Å². The van der Waals surface area contributed by atoms with Crippen LogP contribution in [0.15, 0.2) is 27.5 Å². The molecule has 3 aromatic rings. The topological polar surface area (TPSA) is 67.9 Å². The van der Waals surface area contributed by atoms with Gasteiger partial charge in [0.2, 0.25) is 5.89 Å². The van der Waals surface area contributed by atoms with E-state index in [1.165, 1.54) is 25.2 Å². The maximum Gasteiger partial charge on any atom is 0.229 e. The average Bonchev–Trinajstić information content (AvgIpc) is 3.41. The van der Waals surface area contributed by atoms with E-state index in [9.17, 15) is 4.39 Å². The van der Waals surface area contributed by atoms with Crippen molar-refractivity contribution in [1.82, 2.24) is 20.1 Å². The minimum atomic E-state index is -0.299. The standard InChI is InChI=1S/C18H17BrFN5O/c19-12-3-4-13(20)14-15(12)21-9-22-17(14)25-7-5-11(6-8-25)18-23-16(24-26-18)10-1-2-10/h3-4,9-11H,1-2,5-8H2. The van der Waals surface area contributed by atoms with Crippen LogP contribution in [0.3, 0.4) is 0 Å². The van der Waals surface area contributed by atoms with E-state index in [-0.39, 0.29) is 11.7 Å². The van der Waals surface area contributed by atoms with Gasteiger partial charge in [0.05, 0.1) is 10.9 Å². The van der Waals surface area contributed by atoms with Gasteiger partial charge in [-0.15, -0.1) is 0 Å². The molecular weight excluding hydrogens is 401 g/mol. The number of anilines is 1. The third-order valence-corrected chi connectivity index (χ3v) is 5.85. The van der Waals surface area contributed by atoms with Crippen molar-refractivity contribution < 1.29 is 8.91 Å². The van der Waals surface area contributed by atoms with E-state index in [4.69, 9.17) is 4.52 Å². The molecule has 0 unspecified atom stereocenters. The molecule has 2 aromatic heterocycles. The minimum absolute atomic E-state index is 0.260. The molecule has 8 heteroatoms. The Morgan fingerprint density at radius 1 is 1.08 bits per heavy atom.